The van der Waals surface area contributed by atoms with Gasteiger partial charge in [0.15, 0.2) is 5.78 Å². The highest BCUT2D eigenvalue weighted by atomic mass is 16.1. The molecule has 0 spiro atoms. The molecule has 0 saturated carbocycles. The summed E-state index contributed by atoms with van der Waals surface area (Å²) in [5.74, 6) is 0.412. The van der Waals surface area contributed by atoms with Gasteiger partial charge >= 0.3 is 0 Å². The van der Waals surface area contributed by atoms with Crippen molar-refractivity contribution in [1.82, 2.24) is 0 Å². The number of ketones is 2. The van der Waals surface area contributed by atoms with Gasteiger partial charge in [-0.1, -0.05) is 84.0 Å². The first-order chi connectivity index (χ1) is 11.6. The van der Waals surface area contributed by atoms with Gasteiger partial charge in [0.05, 0.1) is 0 Å². The first-order valence-electron chi connectivity index (χ1n) is 9.34. The minimum absolute atomic E-state index is 0.0304. The molecule has 0 aromatic heterocycles. The molecular formula is C23H34O2. The molecule has 2 nitrogen and oxygen atoms in total. The maximum atomic E-state index is 13.0. The summed E-state index contributed by atoms with van der Waals surface area (Å²) in [5.41, 5.74) is 0.631. The maximum absolute atomic E-state index is 13.0. The fourth-order valence-electron chi connectivity index (χ4n) is 3.72. The van der Waals surface area contributed by atoms with Crippen molar-refractivity contribution >= 4 is 11.6 Å². The van der Waals surface area contributed by atoms with E-state index in [2.05, 4.69) is 33.8 Å². The second-order valence-corrected chi connectivity index (χ2v) is 8.40. The summed E-state index contributed by atoms with van der Waals surface area (Å²) < 4.78 is 0. The summed E-state index contributed by atoms with van der Waals surface area (Å²) in [5, 5.41) is 0. The molecule has 0 aliphatic rings. The molecule has 0 aliphatic carbocycles. The lowest BCUT2D eigenvalue weighted by Gasteiger charge is -2.34. The molecule has 4 atom stereocenters. The van der Waals surface area contributed by atoms with E-state index in [1.165, 1.54) is 0 Å². The smallest absolute Gasteiger partial charge is 0.165 e. The van der Waals surface area contributed by atoms with E-state index in [-0.39, 0.29) is 40.7 Å². The van der Waals surface area contributed by atoms with Crippen LogP contribution in [0.4, 0.5) is 0 Å². The molecule has 138 valence electrons. The zero-order valence-electron chi connectivity index (χ0n) is 16.9. The number of rotatable bonds is 8. The van der Waals surface area contributed by atoms with Crippen LogP contribution < -0.4 is 0 Å². The third-order valence-corrected chi connectivity index (χ3v) is 5.15. The van der Waals surface area contributed by atoms with E-state index in [0.717, 1.165) is 5.56 Å². The van der Waals surface area contributed by atoms with Crippen molar-refractivity contribution in [1.29, 1.82) is 0 Å². The zero-order chi connectivity index (χ0) is 19.2. The van der Waals surface area contributed by atoms with Gasteiger partial charge < -0.3 is 0 Å². The number of benzene rings is 1. The Bertz CT molecular complexity index is 592. The fourth-order valence-corrected chi connectivity index (χ4v) is 3.72. The maximum Gasteiger partial charge on any atom is 0.165 e. The first-order valence-corrected chi connectivity index (χ1v) is 9.34. The van der Waals surface area contributed by atoms with Crippen LogP contribution in [-0.2, 0) is 4.79 Å². The quantitative estimate of drug-likeness (QED) is 0.430. The molecule has 0 aliphatic heterocycles. The third kappa shape index (κ3) is 5.95. The highest BCUT2D eigenvalue weighted by molar-refractivity contribution is 5.98. The van der Waals surface area contributed by atoms with Crippen LogP contribution >= 0.6 is 0 Å². The molecule has 1 aromatic rings. The van der Waals surface area contributed by atoms with Crippen molar-refractivity contribution in [3.05, 3.63) is 48.0 Å². The topological polar surface area (TPSA) is 34.1 Å². The summed E-state index contributed by atoms with van der Waals surface area (Å²) in [4.78, 5) is 25.7. The molecule has 0 N–H and O–H groups in total. The highest BCUT2D eigenvalue weighted by Crippen LogP contribution is 2.36. The minimum atomic E-state index is -0.163. The monoisotopic (exact) mass is 342 g/mol. The lowest BCUT2D eigenvalue weighted by molar-refractivity contribution is -0.128. The van der Waals surface area contributed by atoms with Crippen molar-refractivity contribution in [2.24, 2.45) is 29.1 Å². The van der Waals surface area contributed by atoms with Gasteiger partial charge in [-0.3, -0.25) is 9.59 Å². The number of carbonyl (C=O) groups is 2. The predicted molar refractivity (Wildman–Crippen MR) is 106 cm³/mol. The van der Waals surface area contributed by atoms with Crippen LogP contribution in [0, 0.1) is 29.1 Å². The van der Waals surface area contributed by atoms with Crippen LogP contribution in [-0.4, -0.2) is 11.6 Å². The average Bonchev–Trinajstić information content (AvgIpc) is 2.53. The number of carbonyl (C=O) groups excluding carboxylic acids is 2. The van der Waals surface area contributed by atoms with E-state index in [9.17, 15) is 9.59 Å². The van der Waals surface area contributed by atoms with Crippen LogP contribution in [0.3, 0.4) is 0 Å². The van der Waals surface area contributed by atoms with Crippen LogP contribution in [0.15, 0.2) is 42.5 Å². The van der Waals surface area contributed by atoms with Gasteiger partial charge in [0.25, 0.3) is 0 Å². The Morgan fingerprint density at radius 3 is 2.08 bits per heavy atom. The Hall–Kier alpha value is -1.70. The van der Waals surface area contributed by atoms with Crippen LogP contribution in [0.5, 0.6) is 0 Å². The van der Waals surface area contributed by atoms with E-state index in [1.807, 2.05) is 57.2 Å². The van der Waals surface area contributed by atoms with Gasteiger partial charge in [-0.05, 0) is 24.2 Å². The van der Waals surface area contributed by atoms with Crippen molar-refractivity contribution in [2.45, 2.75) is 54.9 Å². The number of Topliss-reactive ketones (excluding diaryl/α,β-unsaturated/α-hetero) is 2. The van der Waals surface area contributed by atoms with Gasteiger partial charge in [0, 0.05) is 23.8 Å². The third-order valence-electron chi connectivity index (χ3n) is 5.15. The molecule has 0 bridgehead atoms. The van der Waals surface area contributed by atoms with E-state index < -0.39 is 0 Å². The van der Waals surface area contributed by atoms with Gasteiger partial charge in [-0.15, -0.1) is 0 Å². The van der Waals surface area contributed by atoms with Gasteiger partial charge in [0.1, 0.15) is 5.78 Å². The number of hydrogen-bond acceptors (Lipinski definition) is 2. The Labute approximate surface area is 153 Å². The molecule has 0 radical (unpaired) electrons. The fraction of sp³-hybridized carbons (Fsp3) is 0.565. The zero-order valence-corrected chi connectivity index (χ0v) is 16.9. The second kappa shape index (κ2) is 9.12. The second-order valence-electron chi connectivity index (χ2n) is 8.40. The van der Waals surface area contributed by atoms with Crippen molar-refractivity contribution in [3.8, 4) is 0 Å². The van der Waals surface area contributed by atoms with Crippen LogP contribution in [0.2, 0.25) is 0 Å². The normalized spacial score (nSPS) is 17.1. The molecule has 25 heavy (non-hydrogen) atoms. The van der Waals surface area contributed by atoms with Gasteiger partial charge in [-0.2, -0.15) is 0 Å². The Morgan fingerprint density at radius 2 is 1.60 bits per heavy atom. The molecule has 0 heterocycles. The Kier molecular flexibility index (Phi) is 7.79. The molecule has 0 saturated heterocycles. The Balaban J connectivity index is 2.87. The molecule has 1 rings (SSSR count). The van der Waals surface area contributed by atoms with E-state index >= 15 is 0 Å². The van der Waals surface area contributed by atoms with Crippen molar-refractivity contribution in [2.75, 3.05) is 0 Å². The van der Waals surface area contributed by atoms with E-state index in [0.29, 0.717) is 6.42 Å². The summed E-state index contributed by atoms with van der Waals surface area (Å²) in [7, 11) is 0. The molecule has 4 unspecified atom stereocenters. The summed E-state index contributed by atoms with van der Waals surface area (Å²) in [6, 6.07) is 9.36. The summed E-state index contributed by atoms with van der Waals surface area (Å²) in [6.07, 6.45) is 4.57. The molecule has 2 heteroatoms. The van der Waals surface area contributed by atoms with Crippen molar-refractivity contribution < 1.29 is 9.59 Å². The van der Waals surface area contributed by atoms with Gasteiger partial charge in [-0.25, -0.2) is 0 Å². The largest absolute Gasteiger partial charge is 0.299 e. The average molecular weight is 343 g/mol. The lowest BCUT2D eigenvalue weighted by Crippen LogP contribution is -2.35. The minimum Gasteiger partial charge on any atom is -0.299 e. The van der Waals surface area contributed by atoms with Gasteiger partial charge in [0.2, 0.25) is 0 Å². The SMILES string of the molecule is C/C=C\C(C)C(C(=O)CC(C)C(C)C(=O)c1ccccc1)C(C)(C)C. The Morgan fingerprint density at radius 1 is 1.04 bits per heavy atom. The first kappa shape index (κ1) is 21.3. The summed E-state index contributed by atoms with van der Waals surface area (Å²) >= 11 is 0. The van der Waals surface area contributed by atoms with Crippen molar-refractivity contribution in [3.63, 3.8) is 0 Å². The highest BCUT2D eigenvalue weighted by Gasteiger charge is 2.36. The van der Waals surface area contributed by atoms with Crippen LogP contribution in [0.25, 0.3) is 0 Å². The standard InChI is InChI=1S/C23H34O2/c1-8-12-16(2)21(23(5,6)7)20(24)15-17(3)18(4)22(25)19-13-10-9-11-14-19/h8-14,16-18,21H,15H2,1-7H3/b12-8-. The number of allylic oxidation sites excluding steroid dienone is 2. The molecule has 0 amide bonds. The molecular weight excluding hydrogens is 308 g/mol. The summed E-state index contributed by atoms with van der Waals surface area (Å²) in [6.45, 7) is 14.4. The molecule has 0 fully saturated rings. The molecule has 1 aromatic carbocycles. The van der Waals surface area contributed by atoms with Crippen LogP contribution in [0.1, 0.15) is 65.2 Å². The van der Waals surface area contributed by atoms with E-state index in [1.54, 1.807) is 0 Å². The van der Waals surface area contributed by atoms with E-state index in [4.69, 9.17) is 0 Å². The lowest BCUT2D eigenvalue weighted by atomic mass is 9.69. The predicted octanol–water partition coefficient (Wildman–Crippen LogP) is 5.98. The number of hydrogen-bond donors (Lipinski definition) is 0.